The molecule has 208 valence electrons. The van der Waals surface area contributed by atoms with Crippen LogP contribution < -0.4 is 10.6 Å². The first-order valence-corrected chi connectivity index (χ1v) is 14.4. The van der Waals surface area contributed by atoms with Crippen molar-refractivity contribution in [1.29, 1.82) is 0 Å². The molecule has 9 nitrogen and oxygen atoms in total. The normalized spacial score (nSPS) is 22.5. The van der Waals surface area contributed by atoms with E-state index < -0.39 is 0 Å². The molecule has 39 heavy (non-hydrogen) atoms. The topological polar surface area (TPSA) is 91.2 Å². The number of rotatable bonds is 7. The SMILES string of the molecule is CN1CC[C@@H](NC(=O)Nc2cc(Br)cc(-c3nnnn3C)c2)[C@H](CN2CCCC(Cc3ccc(F)cc3)C2)C1. The molecule has 2 aliphatic heterocycles. The first kappa shape index (κ1) is 27.7. The molecule has 0 spiro atoms. The lowest BCUT2D eigenvalue weighted by atomic mass is 9.88. The summed E-state index contributed by atoms with van der Waals surface area (Å²) in [5.74, 6) is 1.34. The summed E-state index contributed by atoms with van der Waals surface area (Å²) in [4.78, 5) is 18.0. The zero-order chi connectivity index (χ0) is 27.4. The lowest BCUT2D eigenvalue weighted by molar-refractivity contribution is 0.0958. The van der Waals surface area contributed by atoms with Crippen LogP contribution in [0.15, 0.2) is 46.9 Å². The second kappa shape index (κ2) is 12.5. The molecule has 2 N–H and O–H groups in total. The van der Waals surface area contributed by atoms with Crippen LogP contribution >= 0.6 is 15.9 Å². The van der Waals surface area contributed by atoms with E-state index in [2.05, 4.69) is 58.9 Å². The number of carbonyl (C=O) groups is 1. The molecule has 3 atom stereocenters. The van der Waals surface area contributed by atoms with E-state index in [1.165, 1.54) is 18.4 Å². The molecule has 2 aliphatic rings. The van der Waals surface area contributed by atoms with Crippen LogP contribution in [0.25, 0.3) is 11.4 Å². The quantitative estimate of drug-likeness (QED) is 0.424. The van der Waals surface area contributed by atoms with Crippen molar-refractivity contribution < 1.29 is 9.18 Å². The molecule has 0 aliphatic carbocycles. The Morgan fingerprint density at radius 3 is 2.69 bits per heavy atom. The van der Waals surface area contributed by atoms with E-state index >= 15 is 0 Å². The molecule has 2 aromatic carbocycles. The number of piperidine rings is 2. The van der Waals surface area contributed by atoms with Gasteiger partial charge in [0.25, 0.3) is 0 Å². The Morgan fingerprint density at radius 2 is 1.92 bits per heavy atom. The lowest BCUT2D eigenvalue weighted by Gasteiger charge is -2.41. The fourth-order valence-corrected chi connectivity index (χ4v) is 6.45. The van der Waals surface area contributed by atoms with Gasteiger partial charge in [0.05, 0.1) is 0 Å². The van der Waals surface area contributed by atoms with Crippen LogP contribution in [0.5, 0.6) is 0 Å². The smallest absolute Gasteiger partial charge is 0.319 e. The van der Waals surface area contributed by atoms with Crippen molar-refractivity contribution in [3.05, 3.63) is 58.3 Å². The first-order chi connectivity index (χ1) is 18.8. The number of likely N-dealkylation sites (tertiary alicyclic amines) is 2. The summed E-state index contributed by atoms with van der Waals surface area (Å²) >= 11 is 3.53. The number of aryl methyl sites for hydroxylation is 1. The van der Waals surface area contributed by atoms with Crippen LogP contribution in [0, 0.1) is 17.7 Å². The predicted octanol–water partition coefficient (Wildman–Crippen LogP) is 4.18. The number of anilines is 1. The highest BCUT2D eigenvalue weighted by atomic mass is 79.9. The van der Waals surface area contributed by atoms with Crippen LogP contribution in [0.4, 0.5) is 14.9 Å². The molecule has 2 amide bonds. The van der Waals surface area contributed by atoms with E-state index in [4.69, 9.17) is 0 Å². The van der Waals surface area contributed by atoms with Gasteiger partial charge in [0, 0.05) is 54.4 Å². The molecule has 0 radical (unpaired) electrons. The summed E-state index contributed by atoms with van der Waals surface area (Å²) in [6.07, 6.45) is 4.25. The summed E-state index contributed by atoms with van der Waals surface area (Å²) < 4.78 is 15.7. The van der Waals surface area contributed by atoms with E-state index in [1.54, 1.807) is 23.9 Å². The van der Waals surface area contributed by atoms with Gasteiger partial charge < -0.3 is 20.4 Å². The number of hydrogen-bond donors (Lipinski definition) is 2. The van der Waals surface area contributed by atoms with E-state index in [1.807, 2.05) is 30.3 Å². The number of nitrogens with zero attached hydrogens (tertiary/aromatic N) is 6. The Kier molecular flexibility index (Phi) is 8.89. The fraction of sp³-hybridized carbons (Fsp3) is 0.500. The largest absolute Gasteiger partial charge is 0.335 e. The van der Waals surface area contributed by atoms with Crippen molar-refractivity contribution in [3.63, 3.8) is 0 Å². The molecule has 5 rings (SSSR count). The Bertz CT molecular complexity index is 1270. The second-order valence-electron chi connectivity index (χ2n) is 11.0. The maximum absolute atomic E-state index is 13.3. The predicted molar refractivity (Wildman–Crippen MR) is 153 cm³/mol. The van der Waals surface area contributed by atoms with Crippen LogP contribution in [-0.4, -0.2) is 81.9 Å². The third kappa shape index (κ3) is 7.40. The standard InChI is InChI=1S/C28H36BrFN8O/c1-36-11-9-26(32-28(39)31-25-14-21(13-23(29)15-25)27-33-34-35-37(27)2)22(17-36)18-38-10-3-4-20(16-38)12-19-5-7-24(30)8-6-19/h5-8,13-15,20,22,26H,3-4,9-12,16-18H2,1-2H3,(H2,31,32,39)/t20?,22-,26+/m0/s1. The maximum Gasteiger partial charge on any atom is 0.319 e. The third-order valence-corrected chi connectivity index (χ3v) is 8.28. The Morgan fingerprint density at radius 1 is 1.10 bits per heavy atom. The highest BCUT2D eigenvalue weighted by molar-refractivity contribution is 9.10. The average Bonchev–Trinajstić information content (AvgIpc) is 3.33. The summed E-state index contributed by atoms with van der Waals surface area (Å²) in [6.45, 7) is 4.97. The minimum Gasteiger partial charge on any atom is -0.335 e. The van der Waals surface area contributed by atoms with E-state index in [0.29, 0.717) is 23.3 Å². The van der Waals surface area contributed by atoms with E-state index in [9.17, 15) is 9.18 Å². The number of carbonyl (C=O) groups excluding carboxylic acids is 1. The summed E-state index contributed by atoms with van der Waals surface area (Å²) in [5.41, 5.74) is 2.68. The van der Waals surface area contributed by atoms with Gasteiger partial charge in [-0.3, -0.25) is 0 Å². The van der Waals surface area contributed by atoms with E-state index in [0.717, 1.165) is 55.6 Å². The van der Waals surface area contributed by atoms with Crippen LogP contribution in [0.3, 0.4) is 0 Å². The fourth-order valence-electron chi connectivity index (χ4n) is 5.96. The Labute approximate surface area is 237 Å². The molecular formula is C28H36BrFN8O. The number of benzene rings is 2. The van der Waals surface area contributed by atoms with Crippen molar-refractivity contribution in [1.82, 2.24) is 35.3 Å². The van der Waals surface area contributed by atoms with Crippen molar-refractivity contribution in [3.8, 4) is 11.4 Å². The molecule has 11 heteroatoms. The highest BCUT2D eigenvalue weighted by Gasteiger charge is 2.32. The number of urea groups is 1. The van der Waals surface area contributed by atoms with Gasteiger partial charge in [-0.1, -0.05) is 28.1 Å². The molecule has 2 saturated heterocycles. The molecule has 0 saturated carbocycles. The monoisotopic (exact) mass is 598 g/mol. The number of hydrogen-bond acceptors (Lipinski definition) is 6. The van der Waals surface area contributed by atoms with E-state index in [-0.39, 0.29) is 17.9 Å². The molecule has 0 bridgehead atoms. The molecule has 1 unspecified atom stereocenters. The third-order valence-electron chi connectivity index (χ3n) is 7.82. The van der Waals surface area contributed by atoms with Crippen molar-refractivity contribution >= 4 is 27.6 Å². The average molecular weight is 600 g/mol. The summed E-state index contributed by atoms with van der Waals surface area (Å²) in [7, 11) is 3.94. The minimum absolute atomic E-state index is 0.0910. The van der Waals surface area contributed by atoms with Crippen molar-refractivity contribution in [2.45, 2.75) is 31.7 Å². The van der Waals surface area contributed by atoms with Gasteiger partial charge in [0.1, 0.15) is 5.82 Å². The first-order valence-electron chi connectivity index (χ1n) is 13.6. The van der Waals surface area contributed by atoms with Gasteiger partial charge in [-0.05, 0) is 98.1 Å². The number of aromatic nitrogens is 4. The van der Waals surface area contributed by atoms with Gasteiger partial charge in [0.15, 0.2) is 5.82 Å². The van der Waals surface area contributed by atoms with Gasteiger partial charge in [0.2, 0.25) is 0 Å². The van der Waals surface area contributed by atoms with Gasteiger partial charge in [-0.15, -0.1) is 5.10 Å². The molecule has 3 heterocycles. The maximum atomic E-state index is 13.3. The molecule has 2 fully saturated rings. The number of amides is 2. The summed E-state index contributed by atoms with van der Waals surface area (Å²) in [6, 6.07) is 12.5. The number of halogens is 2. The lowest BCUT2D eigenvalue weighted by Crippen LogP contribution is -2.55. The minimum atomic E-state index is -0.206. The molecule has 3 aromatic rings. The second-order valence-corrected chi connectivity index (χ2v) is 11.9. The van der Waals surface area contributed by atoms with Crippen LogP contribution in [-0.2, 0) is 13.5 Å². The highest BCUT2D eigenvalue weighted by Crippen LogP contribution is 2.27. The number of nitrogens with one attached hydrogen (secondary N) is 2. The van der Waals surface area contributed by atoms with Gasteiger partial charge in [-0.25, -0.2) is 13.9 Å². The van der Waals surface area contributed by atoms with Gasteiger partial charge >= 0.3 is 6.03 Å². The van der Waals surface area contributed by atoms with Crippen LogP contribution in [0.1, 0.15) is 24.8 Å². The zero-order valence-electron chi connectivity index (χ0n) is 22.5. The Hall–Kier alpha value is -2.89. The number of tetrazole rings is 1. The Balaban J connectivity index is 1.20. The van der Waals surface area contributed by atoms with Gasteiger partial charge in [-0.2, -0.15) is 0 Å². The molecular weight excluding hydrogens is 563 g/mol. The van der Waals surface area contributed by atoms with Crippen LogP contribution in [0.2, 0.25) is 0 Å². The van der Waals surface area contributed by atoms with Crippen molar-refractivity contribution in [2.75, 3.05) is 45.1 Å². The summed E-state index contributed by atoms with van der Waals surface area (Å²) in [5, 5.41) is 18.0. The zero-order valence-corrected chi connectivity index (χ0v) is 24.1. The van der Waals surface area contributed by atoms with Crippen molar-refractivity contribution in [2.24, 2.45) is 18.9 Å². The molecule has 1 aromatic heterocycles.